The number of benzene rings is 1. The first-order valence-corrected chi connectivity index (χ1v) is 6.58. The van der Waals surface area contributed by atoms with Gasteiger partial charge in [0.2, 0.25) is 0 Å². The first-order chi connectivity index (χ1) is 7.83. The van der Waals surface area contributed by atoms with E-state index in [2.05, 4.69) is 21.5 Å². The number of aromatic nitrogens is 2. The molecule has 1 aromatic heterocycles. The summed E-state index contributed by atoms with van der Waals surface area (Å²) in [5.74, 6) is 4.37. The van der Waals surface area contributed by atoms with Crippen LogP contribution in [0, 0.1) is 17.1 Å². The number of hydrogen-bond donors (Lipinski definition) is 1. The van der Waals surface area contributed by atoms with Crippen LogP contribution in [0.25, 0.3) is 11.0 Å². The lowest BCUT2D eigenvalue weighted by Crippen LogP contribution is -2.00. The van der Waals surface area contributed by atoms with Crippen LogP contribution < -0.4 is 0 Å². The highest BCUT2D eigenvalue weighted by molar-refractivity contribution is 7.99. The summed E-state index contributed by atoms with van der Waals surface area (Å²) in [6.45, 7) is 0.898. The standard InChI is InChI=1S/C12H12N2S2/c1-2-8-16-9-7-14-11-6-4-3-5-10(11)13-12(14)15/h1,3-6H,7-9H2,(H,13,15). The number of aryl methyl sites for hydroxylation is 1. The molecule has 0 atom stereocenters. The summed E-state index contributed by atoms with van der Waals surface area (Å²) >= 11 is 7.04. The average molecular weight is 248 g/mol. The van der Waals surface area contributed by atoms with Crippen molar-refractivity contribution in [1.82, 2.24) is 9.55 Å². The number of imidazole rings is 1. The van der Waals surface area contributed by atoms with Gasteiger partial charge in [0, 0.05) is 12.3 Å². The van der Waals surface area contributed by atoms with Crippen LogP contribution in [-0.4, -0.2) is 21.1 Å². The number of nitrogens with one attached hydrogen (secondary N) is 1. The Labute approximate surface area is 104 Å². The third-order valence-corrected chi connectivity index (χ3v) is 3.49. The fraction of sp³-hybridized carbons (Fsp3) is 0.250. The number of thioether (sulfide) groups is 1. The van der Waals surface area contributed by atoms with Crippen LogP contribution in [0.5, 0.6) is 0 Å². The maximum atomic E-state index is 5.29. The molecule has 2 nitrogen and oxygen atoms in total. The number of hydrogen-bond acceptors (Lipinski definition) is 2. The Morgan fingerprint density at radius 2 is 2.25 bits per heavy atom. The second kappa shape index (κ2) is 5.24. The molecule has 4 heteroatoms. The quantitative estimate of drug-likeness (QED) is 0.510. The SMILES string of the molecule is C#CCSCCn1c(=S)[nH]c2ccccc21. The summed E-state index contributed by atoms with van der Waals surface area (Å²) in [4.78, 5) is 3.20. The molecule has 82 valence electrons. The molecular weight excluding hydrogens is 236 g/mol. The van der Waals surface area contributed by atoms with Gasteiger partial charge in [0.1, 0.15) is 0 Å². The summed E-state index contributed by atoms with van der Waals surface area (Å²) < 4.78 is 2.90. The second-order valence-corrected chi connectivity index (χ2v) is 4.85. The van der Waals surface area contributed by atoms with E-state index in [9.17, 15) is 0 Å². The predicted octanol–water partition coefficient (Wildman–Crippen LogP) is 3.07. The fourth-order valence-corrected chi connectivity index (χ4v) is 2.49. The molecule has 0 saturated carbocycles. The lowest BCUT2D eigenvalue weighted by atomic mass is 10.3. The maximum absolute atomic E-state index is 5.29. The van der Waals surface area contributed by atoms with Gasteiger partial charge in [0.05, 0.1) is 16.8 Å². The minimum atomic E-state index is 0.760. The van der Waals surface area contributed by atoms with Crippen molar-refractivity contribution in [2.45, 2.75) is 6.54 Å². The molecule has 0 unspecified atom stereocenters. The summed E-state index contributed by atoms with van der Waals surface area (Å²) in [6.07, 6.45) is 5.20. The van der Waals surface area contributed by atoms with E-state index in [0.29, 0.717) is 0 Å². The molecule has 0 radical (unpaired) electrons. The maximum Gasteiger partial charge on any atom is 0.178 e. The van der Waals surface area contributed by atoms with Crippen LogP contribution in [0.2, 0.25) is 0 Å². The summed E-state index contributed by atoms with van der Waals surface area (Å²) in [5.41, 5.74) is 2.25. The Hall–Kier alpha value is -1.18. The van der Waals surface area contributed by atoms with E-state index in [0.717, 1.165) is 33.9 Å². The van der Waals surface area contributed by atoms with Crippen LogP contribution in [0.3, 0.4) is 0 Å². The Kier molecular flexibility index (Phi) is 3.70. The van der Waals surface area contributed by atoms with Crippen molar-refractivity contribution in [3.05, 3.63) is 29.0 Å². The van der Waals surface area contributed by atoms with E-state index in [1.807, 2.05) is 18.2 Å². The van der Waals surface area contributed by atoms with Crippen LogP contribution >= 0.6 is 24.0 Å². The van der Waals surface area contributed by atoms with Crippen molar-refractivity contribution in [3.8, 4) is 12.3 Å². The first kappa shape index (κ1) is 11.3. The minimum absolute atomic E-state index is 0.760. The number of H-pyrrole nitrogens is 1. The first-order valence-electron chi connectivity index (χ1n) is 5.01. The lowest BCUT2D eigenvalue weighted by molar-refractivity contribution is 0.784. The molecule has 1 heterocycles. The summed E-state index contributed by atoms with van der Waals surface area (Å²) in [6, 6.07) is 8.14. The van der Waals surface area contributed by atoms with Crippen molar-refractivity contribution in [2.75, 3.05) is 11.5 Å². The van der Waals surface area contributed by atoms with Crippen molar-refractivity contribution in [3.63, 3.8) is 0 Å². The number of fused-ring (bicyclic) bond motifs is 1. The molecule has 2 rings (SSSR count). The van der Waals surface area contributed by atoms with Gasteiger partial charge >= 0.3 is 0 Å². The zero-order valence-electron chi connectivity index (χ0n) is 8.77. The molecular formula is C12H12N2S2. The Morgan fingerprint density at radius 1 is 1.44 bits per heavy atom. The molecule has 16 heavy (non-hydrogen) atoms. The van der Waals surface area contributed by atoms with Gasteiger partial charge in [-0.2, -0.15) is 0 Å². The van der Waals surface area contributed by atoms with Gasteiger partial charge < -0.3 is 9.55 Å². The smallest absolute Gasteiger partial charge is 0.178 e. The van der Waals surface area contributed by atoms with Gasteiger partial charge in [-0.3, -0.25) is 0 Å². The van der Waals surface area contributed by atoms with Gasteiger partial charge in [0.15, 0.2) is 4.77 Å². The molecule has 0 aliphatic carbocycles. The second-order valence-electron chi connectivity index (χ2n) is 3.36. The van der Waals surface area contributed by atoms with Crippen LogP contribution in [0.4, 0.5) is 0 Å². The van der Waals surface area contributed by atoms with Gasteiger partial charge in [-0.15, -0.1) is 18.2 Å². The highest BCUT2D eigenvalue weighted by Gasteiger charge is 2.02. The van der Waals surface area contributed by atoms with Crippen molar-refractivity contribution < 1.29 is 0 Å². The fourth-order valence-electron chi connectivity index (χ4n) is 1.62. The van der Waals surface area contributed by atoms with Gasteiger partial charge in [-0.05, 0) is 24.4 Å². The molecule has 1 aromatic carbocycles. The molecule has 2 aromatic rings. The number of nitrogens with zero attached hydrogens (tertiary/aromatic N) is 1. The molecule has 0 spiro atoms. The molecule has 1 N–H and O–H groups in total. The van der Waals surface area contributed by atoms with E-state index in [1.165, 1.54) is 0 Å². The lowest BCUT2D eigenvalue weighted by Gasteiger charge is -2.02. The Balaban J connectivity index is 2.20. The molecule has 0 aliphatic heterocycles. The molecule has 0 bridgehead atoms. The average Bonchev–Trinajstić information content (AvgIpc) is 2.61. The zero-order chi connectivity index (χ0) is 11.4. The zero-order valence-corrected chi connectivity index (χ0v) is 10.4. The largest absolute Gasteiger partial charge is 0.331 e. The Morgan fingerprint density at radius 3 is 3.06 bits per heavy atom. The van der Waals surface area contributed by atoms with E-state index in [-0.39, 0.29) is 0 Å². The van der Waals surface area contributed by atoms with E-state index in [4.69, 9.17) is 18.6 Å². The minimum Gasteiger partial charge on any atom is -0.331 e. The Bertz CT molecular complexity index is 574. The normalized spacial score (nSPS) is 10.4. The van der Waals surface area contributed by atoms with Gasteiger partial charge in [0.25, 0.3) is 0 Å². The highest BCUT2D eigenvalue weighted by atomic mass is 32.2. The molecule has 0 amide bonds. The number of terminal acetylenes is 1. The third-order valence-electron chi connectivity index (χ3n) is 2.33. The van der Waals surface area contributed by atoms with E-state index in [1.54, 1.807) is 11.8 Å². The predicted molar refractivity (Wildman–Crippen MR) is 73.3 cm³/mol. The van der Waals surface area contributed by atoms with E-state index < -0.39 is 0 Å². The van der Waals surface area contributed by atoms with E-state index >= 15 is 0 Å². The van der Waals surface area contributed by atoms with Crippen molar-refractivity contribution in [2.24, 2.45) is 0 Å². The highest BCUT2D eigenvalue weighted by Crippen LogP contribution is 2.14. The van der Waals surface area contributed by atoms with Gasteiger partial charge in [-0.1, -0.05) is 18.1 Å². The summed E-state index contributed by atoms with van der Waals surface area (Å²) in [7, 11) is 0. The molecule has 0 aliphatic rings. The number of rotatable bonds is 4. The van der Waals surface area contributed by atoms with Crippen molar-refractivity contribution in [1.29, 1.82) is 0 Å². The topological polar surface area (TPSA) is 20.7 Å². The third kappa shape index (κ3) is 2.31. The molecule has 0 fully saturated rings. The molecule has 0 saturated heterocycles. The van der Waals surface area contributed by atoms with Gasteiger partial charge in [-0.25, -0.2) is 0 Å². The van der Waals surface area contributed by atoms with Crippen LogP contribution in [-0.2, 0) is 6.54 Å². The number of para-hydroxylation sites is 2. The van der Waals surface area contributed by atoms with Crippen molar-refractivity contribution >= 4 is 35.0 Å². The monoisotopic (exact) mass is 248 g/mol. The van der Waals surface area contributed by atoms with Crippen LogP contribution in [0.15, 0.2) is 24.3 Å². The van der Waals surface area contributed by atoms with Crippen LogP contribution in [0.1, 0.15) is 0 Å². The summed E-state index contributed by atoms with van der Waals surface area (Å²) in [5, 5.41) is 0. The number of aromatic amines is 1.